The van der Waals surface area contributed by atoms with E-state index in [1.165, 1.54) is 12.1 Å². The van der Waals surface area contributed by atoms with Crippen LogP contribution in [0.5, 0.6) is 0 Å². The van der Waals surface area contributed by atoms with E-state index in [4.69, 9.17) is 4.18 Å². The predicted molar refractivity (Wildman–Crippen MR) is 73.3 cm³/mol. The number of aryl methyl sites for hydroxylation is 1. The van der Waals surface area contributed by atoms with Crippen LogP contribution in [0.1, 0.15) is 18.9 Å². The molecule has 0 fully saturated rings. The highest BCUT2D eigenvalue weighted by molar-refractivity contribution is 7.91. The van der Waals surface area contributed by atoms with Gasteiger partial charge in [-0.2, -0.15) is 8.42 Å². The van der Waals surface area contributed by atoms with Gasteiger partial charge in [-0.3, -0.25) is 4.18 Å². The molecule has 108 valence electrons. The largest absolute Gasteiger partial charge is 0.297 e. The molecular weight excluding hydrogens is 288 g/mol. The van der Waals surface area contributed by atoms with Crippen LogP contribution in [0, 0.1) is 6.92 Å². The van der Waals surface area contributed by atoms with Crippen molar-refractivity contribution in [3.8, 4) is 0 Å². The molecule has 0 spiro atoms. The molecule has 0 aliphatic rings. The quantitative estimate of drug-likeness (QED) is 0.714. The number of benzene rings is 1. The summed E-state index contributed by atoms with van der Waals surface area (Å²) in [5, 5.41) is 0. The average molecular weight is 306 g/mol. The van der Waals surface area contributed by atoms with E-state index in [9.17, 15) is 16.8 Å². The molecule has 0 N–H and O–H groups in total. The normalized spacial score (nSPS) is 12.5. The lowest BCUT2D eigenvalue weighted by molar-refractivity contribution is 0.338. The third-order valence-corrected chi connectivity index (χ3v) is 5.60. The van der Waals surface area contributed by atoms with Crippen LogP contribution in [0.25, 0.3) is 0 Å². The van der Waals surface area contributed by atoms with E-state index in [2.05, 4.69) is 0 Å². The molecule has 0 aromatic heterocycles. The first-order valence-corrected chi connectivity index (χ1v) is 9.16. The Balaban J connectivity index is 2.64. The van der Waals surface area contributed by atoms with E-state index in [0.717, 1.165) is 5.56 Å². The maximum Gasteiger partial charge on any atom is 0.297 e. The molecule has 19 heavy (non-hydrogen) atoms. The van der Waals surface area contributed by atoms with Crippen molar-refractivity contribution in [1.82, 2.24) is 0 Å². The minimum absolute atomic E-state index is 0.0333. The van der Waals surface area contributed by atoms with Crippen molar-refractivity contribution in [2.45, 2.75) is 25.2 Å². The summed E-state index contributed by atoms with van der Waals surface area (Å²) >= 11 is 0. The second kappa shape index (κ2) is 6.49. The van der Waals surface area contributed by atoms with Gasteiger partial charge in [0, 0.05) is 5.75 Å². The molecule has 0 saturated heterocycles. The monoisotopic (exact) mass is 306 g/mol. The highest BCUT2D eigenvalue weighted by Crippen LogP contribution is 2.13. The van der Waals surface area contributed by atoms with Gasteiger partial charge in [0.15, 0.2) is 9.84 Å². The predicted octanol–water partition coefficient (Wildman–Crippen LogP) is 1.53. The van der Waals surface area contributed by atoms with Gasteiger partial charge in [0.25, 0.3) is 10.1 Å². The van der Waals surface area contributed by atoms with E-state index in [-0.39, 0.29) is 23.0 Å². The van der Waals surface area contributed by atoms with Crippen LogP contribution in [-0.4, -0.2) is 34.9 Å². The van der Waals surface area contributed by atoms with Crippen molar-refractivity contribution in [2.24, 2.45) is 0 Å². The molecule has 0 saturated carbocycles. The summed E-state index contributed by atoms with van der Waals surface area (Å²) in [6.07, 6.45) is 0.507. The highest BCUT2D eigenvalue weighted by atomic mass is 32.2. The zero-order chi connectivity index (χ0) is 14.5. The Labute approximate surface area is 114 Å². The molecule has 0 aliphatic heterocycles. The van der Waals surface area contributed by atoms with Crippen LogP contribution in [0.15, 0.2) is 29.2 Å². The second-order valence-electron chi connectivity index (χ2n) is 4.24. The van der Waals surface area contributed by atoms with Gasteiger partial charge in [-0.05, 0) is 25.5 Å². The first-order chi connectivity index (χ1) is 8.77. The Morgan fingerprint density at radius 1 is 1.00 bits per heavy atom. The maximum absolute atomic E-state index is 11.8. The number of hydrogen-bond acceptors (Lipinski definition) is 5. The fraction of sp³-hybridized carbons (Fsp3) is 0.500. The van der Waals surface area contributed by atoms with E-state index in [1.807, 2.05) is 6.92 Å². The SMILES string of the molecule is CCCS(=O)(=O)CCOS(=O)(=O)c1ccc(C)cc1. The molecule has 1 rings (SSSR count). The van der Waals surface area contributed by atoms with Crippen LogP contribution < -0.4 is 0 Å². The molecule has 0 heterocycles. The van der Waals surface area contributed by atoms with Crippen molar-refractivity contribution >= 4 is 20.0 Å². The summed E-state index contributed by atoms with van der Waals surface area (Å²) in [7, 11) is -7.11. The summed E-state index contributed by atoms with van der Waals surface area (Å²) in [6, 6.07) is 6.19. The van der Waals surface area contributed by atoms with Gasteiger partial charge in [0.2, 0.25) is 0 Å². The van der Waals surface area contributed by atoms with Crippen molar-refractivity contribution in [1.29, 1.82) is 0 Å². The van der Waals surface area contributed by atoms with Crippen LogP contribution in [0.2, 0.25) is 0 Å². The van der Waals surface area contributed by atoms with E-state index in [0.29, 0.717) is 6.42 Å². The van der Waals surface area contributed by atoms with E-state index < -0.39 is 20.0 Å². The minimum atomic E-state index is -3.88. The van der Waals surface area contributed by atoms with Crippen molar-refractivity contribution < 1.29 is 21.0 Å². The van der Waals surface area contributed by atoms with Gasteiger partial charge >= 0.3 is 0 Å². The summed E-state index contributed by atoms with van der Waals surface area (Å²) in [6.45, 7) is 3.24. The van der Waals surface area contributed by atoms with Crippen molar-refractivity contribution in [2.75, 3.05) is 18.1 Å². The smallest absolute Gasteiger partial charge is 0.265 e. The summed E-state index contributed by atoms with van der Waals surface area (Å²) in [5.74, 6) is -0.243. The van der Waals surface area contributed by atoms with Gasteiger partial charge < -0.3 is 0 Å². The van der Waals surface area contributed by atoms with Gasteiger partial charge in [0.1, 0.15) is 0 Å². The molecular formula is C12H18O5S2. The first kappa shape index (κ1) is 16.1. The highest BCUT2D eigenvalue weighted by Gasteiger charge is 2.17. The molecule has 0 aliphatic carbocycles. The van der Waals surface area contributed by atoms with Crippen molar-refractivity contribution in [3.05, 3.63) is 29.8 Å². The van der Waals surface area contributed by atoms with Gasteiger partial charge in [-0.15, -0.1) is 0 Å². The second-order valence-corrected chi connectivity index (χ2v) is 8.16. The lowest BCUT2D eigenvalue weighted by Crippen LogP contribution is -2.18. The Bertz CT molecular complexity index is 600. The third-order valence-electron chi connectivity index (χ3n) is 2.46. The zero-order valence-corrected chi connectivity index (χ0v) is 12.6. The lowest BCUT2D eigenvalue weighted by atomic mass is 10.2. The molecule has 0 amide bonds. The topological polar surface area (TPSA) is 77.5 Å². The Kier molecular flexibility index (Phi) is 5.51. The summed E-state index contributed by atoms with van der Waals surface area (Å²) in [5.41, 5.74) is 0.935. The lowest BCUT2D eigenvalue weighted by Gasteiger charge is -2.06. The Morgan fingerprint density at radius 3 is 2.11 bits per heavy atom. The first-order valence-electron chi connectivity index (χ1n) is 5.93. The molecule has 0 bridgehead atoms. The van der Waals surface area contributed by atoms with Gasteiger partial charge in [0.05, 0.1) is 17.3 Å². The average Bonchev–Trinajstić information content (AvgIpc) is 2.28. The summed E-state index contributed by atoms with van der Waals surface area (Å²) in [4.78, 5) is 0.0333. The zero-order valence-electron chi connectivity index (χ0n) is 11.0. The van der Waals surface area contributed by atoms with Crippen molar-refractivity contribution in [3.63, 3.8) is 0 Å². The number of hydrogen-bond donors (Lipinski definition) is 0. The van der Waals surface area contributed by atoms with E-state index in [1.54, 1.807) is 19.1 Å². The minimum Gasteiger partial charge on any atom is -0.265 e. The molecule has 5 nitrogen and oxygen atoms in total. The van der Waals surface area contributed by atoms with Gasteiger partial charge in [-0.1, -0.05) is 24.6 Å². The van der Waals surface area contributed by atoms with Crippen LogP contribution in [0.3, 0.4) is 0 Å². The maximum atomic E-state index is 11.8. The molecule has 0 atom stereocenters. The van der Waals surface area contributed by atoms with E-state index >= 15 is 0 Å². The number of sulfone groups is 1. The molecule has 0 radical (unpaired) electrons. The molecule has 0 unspecified atom stereocenters. The number of rotatable bonds is 7. The Morgan fingerprint density at radius 2 is 1.58 bits per heavy atom. The fourth-order valence-electron chi connectivity index (χ4n) is 1.46. The van der Waals surface area contributed by atoms with Crippen LogP contribution >= 0.6 is 0 Å². The molecule has 7 heteroatoms. The third kappa shape index (κ3) is 5.30. The molecule has 1 aromatic carbocycles. The fourth-order valence-corrected chi connectivity index (χ4v) is 3.63. The molecule has 1 aromatic rings. The Hall–Kier alpha value is -0.920. The standard InChI is InChI=1S/C12H18O5S2/c1-3-9-18(13,14)10-8-17-19(15,16)12-6-4-11(2)5-7-12/h4-7H,3,8-10H2,1-2H3. The summed E-state index contributed by atoms with van der Waals surface area (Å²) < 4.78 is 51.1. The van der Waals surface area contributed by atoms with Crippen LogP contribution in [0.4, 0.5) is 0 Å². The van der Waals surface area contributed by atoms with Crippen LogP contribution in [-0.2, 0) is 24.1 Å². The van der Waals surface area contributed by atoms with Gasteiger partial charge in [-0.25, -0.2) is 8.42 Å².